The van der Waals surface area contributed by atoms with E-state index in [9.17, 15) is 4.79 Å². The first-order chi connectivity index (χ1) is 8.89. The van der Waals surface area contributed by atoms with Crippen molar-refractivity contribution in [3.05, 3.63) is 35.4 Å². The normalized spacial score (nSPS) is 21.9. The molecule has 1 aromatic rings. The molecule has 0 spiro atoms. The van der Waals surface area contributed by atoms with Crippen molar-refractivity contribution < 1.29 is 14.6 Å². The van der Waals surface area contributed by atoms with Crippen LogP contribution in [0.1, 0.15) is 44.2 Å². The number of aliphatic hydroxyl groups excluding tert-OH is 1. The minimum Gasteiger partial charge on any atom is -0.444 e. The molecule has 1 aromatic carbocycles. The summed E-state index contributed by atoms with van der Waals surface area (Å²) in [6.07, 6.45) is 0.588. The van der Waals surface area contributed by atoms with Crippen LogP contribution < -0.4 is 5.32 Å². The van der Waals surface area contributed by atoms with Gasteiger partial charge >= 0.3 is 6.09 Å². The van der Waals surface area contributed by atoms with Crippen LogP contribution in [0.4, 0.5) is 4.79 Å². The van der Waals surface area contributed by atoms with E-state index in [4.69, 9.17) is 9.84 Å². The quantitative estimate of drug-likeness (QED) is 0.881. The van der Waals surface area contributed by atoms with Gasteiger partial charge in [0.25, 0.3) is 0 Å². The van der Waals surface area contributed by atoms with E-state index in [1.54, 1.807) is 0 Å². The molecule has 1 fully saturated rings. The molecule has 1 aliphatic carbocycles. The molecule has 0 saturated heterocycles. The summed E-state index contributed by atoms with van der Waals surface area (Å²) < 4.78 is 5.23. The molecular weight excluding hydrogens is 242 g/mol. The van der Waals surface area contributed by atoms with Gasteiger partial charge in [0.05, 0.1) is 6.61 Å². The highest BCUT2D eigenvalue weighted by molar-refractivity contribution is 5.69. The molecule has 0 radical (unpaired) electrons. The second-order valence-electron chi connectivity index (χ2n) is 5.99. The zero-order valence-electron chi connectivity index (χ0n) is 11.6. The minimum atomic E-state index is -0.461. The Hall–Kier alpha value is -1.55. The lowest BCUT2D eigenvalue weighted by Crippen LogP contribution is -2.34. The van der Waals surface area contributed by atoms with E-state index in [1.807, 2.05) is 45.0 Å². The number of rotatable bonds is 3. The van der Waals surface area contributed by atoms with Crippen molar-refractivity contribution in [2.75, 3.05) is 0 Å². The Labute approximate surface area is 113 Å². The summed E-state index contributed by atoms with van der Waals surface area (Å²) in [5.74, 6) is 0.361. The van der Waals surface area contributed by atoms with Crippen molar-refractivity contribution in [3.8, 4) is 0 Å². The van der Waals surface area contributed by atoms with Gasteiger partial charge in [-0.25, -0.2) is 4.79 Å². The monoisotopic (exact) mass is 263 g/mol. The number of amides is 1. The van der Waals surface area contributed by atoms with Gasteiger partial charge in [0.1, 0.15) is 5.60 Å². The van der Waals surface area contributed by atoms with E-state index in [0.29, 0.717) is 5.92 Å². The summed E-state index contributed by atoms with van der Waals surface area (Å²) >= 11 is 0. The maximum atomic E-state index is 11.6. The predicted molar refractivity (Wildman–Crippen MR) is 72.9 cm³/mol. The van der Waals surface area contributed by atoms with Crippen molar-refractivity contribution in [1.29, 1.82) is 0 Å². The van der Waals surface area contributed by atoms with Gasteiger partial charge in [0, 0.05) is 12.0 Å². The molecule has 1 saturated carbocycles. The number of carbonyl (C=O) groups excluding carboxylic acids is 1. The summed E-state index contributed by atoms with van der Waals surface area (Å²) in [5, 5.41) is 11.9. The van der Waals surface area contributed by atoms with Gasteiger partial charge < -0.3 is 15.2 Å². The van der Waals surface area contributed by atoms with Gasteiger partial charge in [-0.3, -0.25) is 0 Å². The van der Waals surface area contributed by atoms with E-state index in [1.165, 1.54) is 5.56 Å². The number of benzene rings is 1. The van der Waals surface area contributed by atoms with Crippen LogP contribution in [-0.2, 0) is 11.3 Å². The van der Waals surface area contributed by atoms with Crippen LogP contribution in [0.2, 0.25) is 0 Å². The van der Waals surface area contributed by atoms with Crippen molar-refractivity contribution in [2.45, 2.75) is 51.4 Å². The predicted octanol–water partition coefficient (Wildman–Crippen LogP) is 2.56. The molecule has 1 amide bonds. The lowest BCUT2D eigenvalue weighted by Gasteiger charge is -2.19. The molecule has 4 nitrogen and oxygen atoms in total. The van der Waals surface area contributed by atoms with Gasteiger partial charge in [0.15, 0.2) is 0 Å². The minimum absolute atomic E-state index is 0.0601. The zero-order chi connectivity index (χ0) is 14.0. The largest absolute Gasteiger partial charge is 0.444 e. The maximum Gasteiger partial charge on any atom is 0.407 e. The third-order valence-electron chi connectivity index (χ3n) is 3.08. The van der Waals surface area contributed by atoms with Crippen molar-refractivity contribution in [1.82, 2.24) is 5.32 Å². The Kier molecular flexibility index (Phi) is 3.80. The second kappa shape index (κ2) is 5.21. The van der Waals surface area contributed by atoms with E-state index in [0.717, 1.165) is 12.0 Å². The molecule has 4 heteroatoms. The number of aliphatic hydroxyl groups is 1. The fourth-order valence-electron chi connectivity index (χ4n) is 2.05. The number of carbonyl (C=O) groups is 1. The summed E-state index contributed by atoms with van der Waals surface area (Å²) in [6.45, 7) is 5.62. The topological polar surface area (TPSA) is 58.6 Å². The molecule has 1 aliphatic rings. The first-order valence-electron chi connectivity index (χ1n) is 6.58. The first-order valence-corrected chi connectivity index (χ1v) is 6.58. The molecular formula is C15H21NO3. The van der Waals surface area contributed by atoms with Crippen LogP contribution in [-0.4, -0.2) is 22.8 Å². The van der Waals surface area contributed by atoms with Crippen LogP contribution >= 0.6 is 0 Å². The number of alkyl carbamates (subject to hydrolysis) is 1. The fourth-order valence-corrected chi connectivity index (χ4v) is 2.05. The average Bonchev–Trinajstić information content (AvgIpc) is 3.06. The SMILES string of the molecule is CC(C)(C)OC(=O)N[C@@H]1C[C@H]1c1ccc(CO)cc1. The van der Waals surface area contributed by atoms with E-state index < -0.39 is 5.60 Å². The fraction of sp³-hybridized carbons (Fsp3) is 0.533. The van der Waals surface area contributed by atoms with Crippen LogP contribution in [0, 0.1) is 0 Å². The number of hydrogen-bond donors (Lipinski definition) is 2. The van der Waals surface area contributed by atoms with Crippen molar-refractivity contribution >= 4 is 6.09 Å². The van der Waals surface area contributed by atoms with Crippen LogP contribution in [0.25, 0.3) is 0 Å². The molecule has 104 valence electrons. The summed E-state index contributed by atoms with van der Waals surface area (Å²) in [7, 11) is 0. The van der Waals surface area contributed by atoms with Gasteiger partial charge in [-0.2, -0.15) is 0 Å². The Morgan fingerprint density at radius 3 is 2.53 bits per heavy atom. The zero-order valence-corrected chi connectivity index (χ0v) is 11.6. The van der Waals surface area contributed by atoms with Crippen molar-refractivity contribution in [3.63, 3.8) is 0 Å². The third-order valence-corrected chi connectivity index (χ3v) is 3.08. The Morgan fingerprint density at radius 1 is 1.37 bits per heavy atom. The molecule has 2 atom stereocenters. The standard InChI is InChI=1S/C15H21NO3/c1-15(2,3)19-14(18)16-13-8-12(13)11-6-4-10(9-17)5-7-11/h4-7,12-13,17H,8-9H2,1-3H3,(H,16,18)/t12-,13+/m0/s1. The lowest BCUT2D eigenvalue weighted by atomic mass is 10.1. The number of nitrogens with one attached hydrogen (secondary N) is 1. The Bertz CT molecular complexity index is 447. The van der Waals surface area contributed by atoms with E-state index in [2.05, 4.69) is 5.32 Å². The molecule has 0 aromatic heterocycles. The van der Waals surface area contributed by atoms with Gasteiger partial charge in [-0.1, -0.05) is 24.3 Å². The van der Waals surface area contributed by atoms with Gasteiger partial charge in [-0.05, 0) is 38.3 Å². The van der Waals surface area contributed by atoms with E-state index >= 15 is 0 Å². The first kappa shape index (κ1) is 13.9. The molecule has 2 rings (SSSR count). The van der Waals surface area contributed by atoms with Crippen LogP contribution in [0.5, 0.6) is 0 Å². The smallest absolute Gasteiger partial charge is 0.407 e. The Balaban J connectivity index is 1.85. The van der Waals surface area contributed by atoms with Crippen molar-refractivity contribution in [2.24, 2.45) is 0 Å². The highest BCUT2D eigenvalue weighted by atomic mass is 16.6. The second-order valence-corrected chi connectivity index (χ2v) is 5.99. The molecule has 0 heterocycles. The maximum absolute atomic E-state index is 11.6. The number of ether oxygens (including phenoxy) is 1. The Morgan fingerprint density at radius 2 is 2.00 bits per heavy atom. The molecule has 0 unspecified atom stereocenters. The number of hydrogen-bond acceptors (Lipinski definition) is 3. The molecule has 0 bridgehead atoms. The lowest BCUT2D eigenvalue weighted by molar-refractivity contribution is 0.0523. The summed E-state index contributed by atoms with van der Waals surface area (Å²) in [4.78, 5) is 11.6. The van der Waals surface area contributed by atoms with E-state index in [-0.39, 0.29) is 18.7 Å². The molecule has 2 N–H and O–H groups in total. The van der Waals surface area contributed by atoms with Gasteiger partial charge in [-0.15, -0.1) is 0 Å². The van der Waals surface area contributed by atoms with Crippen LogP contribution in [0.15, 0.2) is 24.3 Å². The summed E-state index contributed by atoms with van der Waals surface area (Å²) in [5.41, 5.74) is 1.64. The average molecular weight is 263 g/mol. The van der Waals surface area contributed by atoms with Gasteiger partial charge in [0.2, 0.25) is 0 Å². The summed E-state index contributed by atoms with van der Waals surface area (Å²) in [6, 6.07) is 8.01. The molecule has 0 aliphatic heterocycles. The molecule has 19 heavy (non-hydrogen) atoms. The third kappa shape index (κ3) is 3.96. The highest BCUT2D eigenvalue weighted by Gasteiger charge is 2.40. The highest BCUT2D eigenvalue weighted by Crippen LogP contribution is 2.40. The van der Waals surface area contributed by atoms with Crippen LogP contribution in [0.3, 0.4) is 0 Å².